The Morgan fingerprint density at radius 1 is 0.861 bits per heavy atom. The summed E-state index contributed by atoms with van der Waals surface area (Å²) in [6.45, 7) is 6.38. The minimum atomic E-state index is 0.194. The molecule has 4 aromatic carbocycles. The van der Waals surface area contributed by atoms with Crippen LogP contribution in [0.2, 0.25) is 0 Å². The number of aryl methyl sites for hydroxylation is 1. The normalized spacial score (nSPS) is 17.1. The van der Waals surface area contributed by atoms with E-state index in [2.05, 4.69) is 84.6 Å². The zero-order chi connectivity index (χ0) is 24.5. The van der Waals surface area contributed by atoms with E-state index in [0.29, 0.717) is 0 Å². The number of methoxy groups -OCH3 is 1. The maximum atomic E-state index is 6.14. The van der Waals surface area contributed by atoms with Gasteiger partial charge in [-0.15, -0.1) is 0 Å². The molecule has 6 rings (SSSR count). The van der Waals surface area contributed by atoms with Gasteiger partial charge in [0.05, 0.1) is 7.11 Å². The maximum absolute atomic E-state index is 6.14. The van der Waals surface area contributed by atoms with E-state index in [0.717, 1.165) is 31.1 Å². The maximum Gasteiger partial charge on any atom is 0.122 e. The number of rotatable bonds is 7. The molecule has 1 atom stereocenters. The predicted octanol–water partition coefficient (Wildman–Crippen LogP) is 7.44. The molecule has 1 aliphatic heterocycles. The first-order valence-corrected chi connectivity index (χ1v) is 13.4. The Morgan fingerprint density at radius 3 is 2.44 bits per heavy atom. The van der Waals surface area contributed by atoms with Crippen molar-refractivity contribution in [3.63, 3.8) is 0 Å². The average Bonchev–Trinajstić information content (AvgIpc) is 3.27. The molecule has 3 nitrogen and oxygen atoms in total. The molecule has 1 aliphatic carbocycles. The number of hydrogen-bond donors (Lipinski definition) is 0. The van der Waals surface area contributed by atoms with Crippen molar-refractivity contribution in [3.05, 3.63) is 95.1 Å². The van der Waals surface area contributed by atoms with Gasteiger partial charge in [-0.2, -0.15) is 0 Å². The van der Waals surface area contributed by atoms with Crippen molar-refractivity contribution in [1.29, 1.82) is 0 Å². The zero-order valence-electron chi connectivity index (χ0n) is 21.4. The summed E-state index contributed by atoms with van der Waals surface area (Å²) in [7, 11) is 1.78. The standard InChI is InChI=1S/C33H35NO2/c1-3-23-21-30-29(22-31(23)35-2)28-16-13-24-9-5-6-10-27(24)33(28)32(30)25-11-14-26(15-12-25)36-20-19-34-17-7-4-8-18-34/h5-6,9-16,21-22,32H,3-4,7-8,17-20H2,1-2H3. The molecule has 1 unspecified atom stereocenters. The van der Waals surface area contributed by atoms with Crippen molar-refractivity contribution in [1.82, 2.24) is 4.90 Å². The van der Waals surface area contributed by atoms with Crippen LogP contribution in [-0.2, 0) is 6.42 Å². The number of nitrogens with zero attached hydrogens (tertiary/aromatic N) is 1. The quantitative estimate of drug-likeness (QED) is 0.243. The molecule has 3 heteroatoms. The van der Waals surface area contributed by atoms with Gasteiger partial charge in [0.1, 0.15) is 18.1 Å². The van der Waals surface area contributed by atoms with Gasteiger partial charge in [-0.25, -0.2) is 0 Å². The molecule has 2 aliphatic rings. The molecule has 36 heavy (non-hydrogen) atoms. The lowest BCUT2D eigenvalue weighted by molar-refractivity contribution is 0.183. The van der Waals surface area contributed by atoms with Crippen LogP contribution in [0.25, 0.3) is 21.9 Å². The van der Waals surface area contributed by atoms with Crippen LogP contribution in [-0.4, -0.2) is 38.3 Å². The first kappa shape index (κ1) is 23.1. The Labute approximate surface area is 214 Å². The minimum Gasteiger partial charge on any atom is -0.496 e. The van der Waals surface area contributed by atoms with Gasteiger partial charge in [0, 0.05) is 12.5 Å². The first-order valence-electron chi connectivity index (χ1n) is 13.4. The molecule has 0 aromatic heterocycles. The van der Waals surface area contributed by atoms with E-state index in [-0.39, 0.29) is 5.92 Å². The number of fused-ring (bicyclic) bond motifs is 5. The molecule has 184 valence electrons. The number of likely N-dealkylation sites (tertiary alicyclic amines) is 1. The molecule has 1 fully saturated rings. The summed E-state index contributed by atoms with van der Waals surface area (Å²) in [4.78, 5) is 2.52. The van der Waals surface area contributed by atoms with Crippen molar-refractivity contribution in [2.75, 3.05) is 33.4 Å². The van der Waals surface area contributed by atoms with Crippen molar-refractivity contribution in [3.8, 4) is 22.6 Å². The summed E-state index contributed by atoms with van der Waals surface area (Å²) in [6, 6.07) is 26.7. The van der Waals surface area contributed by atoms with Gasteiger partial charge in [-0.1, -0.05) is 67.9 Å². The fourth-order valence-electron chi connectivity index (χ4n) is 6.16. The number of ether oxygens (including phenoxy) is 2. The highest BCUT2D eigenvalue weighted by Gasteiger charge is 2.32. The first-order chi connectivity index (χ1) is 17.8. The summed E-state index contributed by atoms with van der Waals surface area (Å²) < 4.78 is 11.9. The second-order valence-electron chi connectivity index (χ2n) is 10.1. The molecule has 0 spiro atoms. The largest absolute Gasteiger partial charge is 0.496 e. The fraction of sp³-hybridized carbons (Fsp3) is 0.333. The summed E-state index contributed by atoms with van der Waals surface area (Å²) in [6.07, 6.45) is 4.96. The third-order valence-electron chi connectivity index (χ3n) is 8.03. The lowest BCUT2D eigenvalue weighted by Crippen LogP contribution is -2.33. The third-order valence-corrected chi connectivity index (χ3v) is 8.03. The average molecular weight is 478 g/mol. The monoisotopic (exact) mass is 477 g/mol. The number of benzene rings is 4. The molecule has 0 radical (unpaired) electrons. The molecule has 0 N–H and O–H groups in total. The highest BCUT2D eigenvalue weighted by molar-refractivity contribution is 5.97. The van der Waals surface area contributed by atoms with E-state index in [1.54, 1.807) is 7.11 Å². The van der Waals surface area contributed by atoms with Crippen LogP contribution in [0, 0.1) is 0 Å². The Hall–Kier alpha value is -3.30. The Morgan fingerprint density at radius 2 is 1.67 bits per heavy atom. The van der Waals surface area contributed by atoms with Crippen LogP contribution in [0.15, 0.2) is 72.8 Å². The molecular weight excluding hydrogens is 442 g/mol. The summed E-state index contributed by atoms with van der Waals surface area (Å²) in [5, 5.41) is 2.62. The van der Waals surface area contributed by atoms with Crippen LogP contribution in [0.4, 0.5) is 0 Å². The molecule has 4 aromatic rings. The van der Waals surface area contributed by atoms with Gasteiger partial charge in [-0.05, 0) is 94.7 Å². The van der Waals surface area contributed by atoms with Gasteiger partial charge < -0.3 is 9.47 Å². The molecule has 0 saturated carbocycles. The molecule has 0 amide bonds. The Bertz CT molecular complexity index is 1370. The van der Waals surface area contributed by atoms with Gasteiger partial charge in [-0.3, -0.25) is 4.90 Å². The number of hydrogen-bond acceptors (Lipinski definition) is 3. The third kappa shape index (κ3) is 4.16. The molecule has 1 heterocycles. The summed E-state index contributed by atoms with van der Waals surface area (Å²) >= 11 is 0. The minimum absolute atomic E-state index is 0.194. The van der Waals surface area contributed by atoms with Crippen LogP contribution in [0.1, 0.15) is 54.4 Å². The van der Waals surface area contributed by atoms with E-state index in [1.165, 1.54) is 76.5 Å². The molecule has 0 bridgehead atoms. The highest BCUT2D eigenvalue weighted by Crippen LogP contribution is 2.52. The Balaban J connectivity index is 1.35. The fourth-order valence-corrected chi connectivity index (χ4v) is 6.16. The second kappa shape index (κ2) is 9.99. The van der Waals surface area contributed by atoms with Gasteiger partial charge in [0.25, 0.3) is 0 Å². The SMILES string of the molecule is CCc1cc2c(cc1OC)-c1ccc3ccccc3c1C2c1ccc(OCCN2CCCCC2)cc1. The highest BCUT2D eigenvalue weighted by atomic mass is 16.5. The van der Waals surface area contributed by atoms with Crippen molar-refractivity contribution in [2.45, 2.75) is 38.5 Å². The van der Waals surface area contributed by atoms with E-state index >= 15 is 0 Å². The van der Waals surface area contributed by atoms with Crippen molar-refractivity contribution < 1.29 is 9.47 Å². The van der Waals surface area contributed by atoms with Crippen molar-refractivity contribution in [2.24, 2.45) is 0 Å². The second-order valence-corrected chi connectivity index (χ2v) is 10.1. The van der Waals surface area contributed by atoms with Gasteiger partial charge in [0.2, 0.25) is 0 Å². The van der Waals surface area contributed by atoms with Gasteiger partial charge >= 0.3 is 0 Å². The van der Waals surface area contributed by atoms with Crippen LogP contribution >= 0.6 is 0 Å². The van der Waals surface area contributed by atoms with Gasteiger partial charge in [0.15, 0.2) is 0 Å². The Kier molecular flexibility index (Phi) is 6.41. The zero-order valence-corrected chi connectivity index (χ0v) is 21.4. The smallest absolute Gasteiger partial charge is 0.122 e. The summed E-state index contributed by atoms with van der Waals surface area (Å²) in [5.41, 5.74) is 7.95. The van der Waals surface area contributed by atoms with Crippen LogP contribution in [0.5, 0.6) is 11.5 Å². The van der Waals surface area contributed by atoms with Crippen LogP contribution < -0.4 is 9.47 Å². The molecular formula is C33H35NO2. The molecule has 1 saturated heterocycles. The van der Waals surface area contributed by atoms with E-state index in [4.69, 9.17) is 9.47 Å². The predicted molar refractivity (Wildman–Crippen MR) is 148 cm³/mol. The number of piperidine rings is 1. The van der Waals surface area contributed by atoms with Crippen LogP contribution in [0.3, 0.4) is 0 Å². The topological polar surface area (TPSA) is 21.7 Å². The van der Waals surface area contributed by atoms with E-state index in [1.807, 2.05) is 0 Å². The lowest BCUT2D eigenvalue weighted by Gasteiger charge is -2.26. The lowest BCUT2D eigenvalue weighted by atomic mass is 9.86. The van der Waals surface area contributed by atoms with E-state index < -0.39 is 0 Å². The van der Waals surface area contributed by atoms with E-state index in [9.17, 15) is 0 Å². The summed E-state index contributed by atoms with van der Waals surface area (Å²) in [5.74, 6) is 2.13. The van der Waals surface area contributed by atoms with Crippen molar-refractivity contribution >= 4 is 10.8 Å².